The summed E-state index contributed by atoms with van der Waals surface area (Å²) in [6.45, 7) is 1.80. The highest BCUT2D eigenvalue weighted by Gasteiger charge is 2.08. The molecule has 4 heteroatoms. The Morgan fingerprint density at radius 3 is 2.00 bits per heavy atom. The van der Waals surface area contributed by atoms with E-state index >= 15 is 0 Å². The molecule has 0 aliphatic carbocycles. The van der Waals surface area contributed by atoms with E-state index in [0.29, 0.717) is 5.70 Å². The van der Waals surface area contributed by atoms with Crippen molar-refractivity contribution in [1.82, 2.24) is 4.90 Å². The second-order valence-corrected chi connectivity index (χ2v) is 2.06. The Labute approximate surface area is 73.4 Å². The summed E-state index contributed by atoms with van der Waals surface area (Å²) in [7, 11) is 4.97. The smallest absolute Gasteiger partial charge is 0.353 e. The van der Waals surface area contributed by atoms with Gasteiger partial charge in [0.2, 0.25) is 0 Å². The van der Waals surface area contributed by atoms with Gasteiger partial charge in [-0.3, -0.25) is 0 Å². The number of esters is 1. The first kappa shape index (κ1) is 12.9. The third kappa shape index (κ3) is 3.88. The van der Waals surface area contributed by atoms with Gasteiger partial charge in [0.05, 0.1) is 7.11 Å². The summed E-state index contributed by atoms with van der Waals surface area (Å²) in [5, 5.41) is 0. The Morgan fingerprint density at radius 2 is 1.91 bits per heavy atom. The summed E-state index contributed by atoms with van der Waals surface area (Å²) in [4.78, 5) is 12.6. The van der Waals surface area contributed by atoms with Gasteiger partial charge < -0.3 is 9.64 Å². The number of allylic oxidation sites excluding steroid dienone is 1. The molecule has 0 rings (SSSR count). The monoisotopic (exact) mass is 179 g/mol. The van der Waals surface area contributed by atoms with Crippen molar-refractivity contribution in [3.8, 4) is 0 Å². The largest absolute Gasteiger partial charge is 0.464 e. The minimum atomic E-state index is -0.299. The van der Waals surface area contributed by atoms with Crippen LogP contribution in [0.4, 0.5) is 0 Å². The molecule has 0 aliphatic rings. The minimum absolute atomic E-state index is 0. The number of carbonyl (C=O) groups is 1. The summed E-state index contributed by atoms with van der Waals surface area (Å²) in [5.41, 5.74) is 0.572. The van der Waals surface area contributed by atoms with Crippen LogP contribution in [0, 0.1) is 0 Å². The molecule has 0 saturated heterocycles. The zero-order valence-electron chi connectivity index (χ0n) is 7.25. The number of hydrogen-bond donors (Lipinski definition) is 0. The maximum absolute atomic E-state index is 10.9. The number of methoxy groups -OCH3 is 1. The highest BCUT2D eigenvalue weighted by Crippen LogP contribution is 1.99. The zero-order chi connectivity index (χ0) is 8.15. The molecular formula is C7H14ClNO2. The van der Waals surface area contributed by atoms with Crippen molar-refractivity contribution >= 4 is 18.4 Å². The van der Waals surface area contributed by atoms with Crippen LogP contribution in [0.3, 0.4) is 0 Å². The quantitative estimate of drug-likeness (QED) is 0.469. The van der Waals surface area contributed by atoms with Crippen molar-refractivity contribution < 1.29 is 9.53 Å². The van der Waals surface area contributed by atoms with Crippen LogP contribution in [0.5, 0.6) is 0 Å². The van der Waals surface area contributed by atoms with Crippen molar-refractivity contribution in [2.24, 2.45) is 0 Å². The SMILES string of the molecule is C/C=C(/C(=O)OC)N(C)C.Cl. The van der Waals surface area contributed by atoms with Gasteiger partial charge in [-0.25, -0.2) is 4.79 Å². The lowest BCUT2D eigenvalue weighted by Crippen LogP contribution is -2.19. The molecule has 0 bridgehead atoms. The number of hydrogen-bond acceptors (Lipinski definition) is 3. The highest BCUT2D eigenvalue weighted by atomic mass is 35.5. The first-order valence-corrected chi connectivity index (χ1v) is 3.05. The normalized spacial score (nSPS) is 10.0. The Kier molecular flexibility index (Phi) is 7.10. The Morgan fingerprint density at radius 1 is 1.45 bits per heavy atom. The zero-order valence-corrected chi connectivity index (χ0v) is 8.07. The van der Waals surface area contributed by atoms with E-state index in [4.69, 9.17) is 0 Å². The molecule has 0 heterocycles. The van der Waals surface area contributed by atoms with Gasteiger partial charge in [0.15, 0.2) is 0 Å². The van der Waals surface area contributed by atoms with Crippen LogP contribution in [0.15, 0.2) is 11.8 Å². The molecule has 11 heavy (non-hydrogen) atoms. The van der Waals surface area contributed by atoms with Gasteiger partial charge in [-0.1, -0.05) is 6.08 Å². The van der Waals surface area contributed by atoms with Crippen LogP contribution in [0.1, 0.15) is 6.92 Å². The summed E-state index contributed by atoms with van der Waals surface area (Å²) >= 11 is 0. The van der Waals surface area contributed by atoms with Crippen LogP contribution >= 0.6 is 12.4 Å². The van der Waals surface area contributed by atoms with Gasteiger partial charge in [-0.15, -0.1) is 12.4 Å². The molecule has 0 unspecified atom stereocenters. The average Bonchev–Trinajstić information content (AvgIpc) is 1.88. The van der Waals surface area contributed by atoms with Crippen molar-refractivity contribution in [3.63, 3.8) is 0 Å². The lowest BCUT2D eigenvalue weighted by atomic mass is 10.4. The standard InChI is InChI=1S/C7H13NO2.ClH/c1-5-6(8(2)3)7(9)10-4;/h5H,1-4H3;1H/b6-5-;. The first-order valence-electron chi connectivity index (χ1n) is 3.05. The molecule has 3 nitrogen and oxygen atoms in total. The molecule has 0 aromatic carbocycles. The molecule has 0 fully saturated rings. The van der Waals surface area contributed by atoms with Crippen LogP contribution < -0.4 is 0 Å². The molecule has 0 N–H and O–H groups in total. The minimum Gasteiger partial charge on any atom is -0.464 e. The number of rotatable bonds is 2. The Balaban J connectivity index is 0. The van der Waals surface area contributed by atoms with Crippen LogP contribution in [-0.2, 0) is 9.53 Å². The van der Waals surface area contributed by atoms with E-state index in [-0.39, 0.29) is 18.4 Å². The molecule has 0 radical (unpaired) electrons. The molecule has 0 aliphatic heterocycles. The fraction of sp³-hybridized carbons (Fsp3) is 0.571. The molecule has 0 amide bonds. The van der Waals surface area contributed by atoms with Crippen molar-refractivity contribution in [2.75, 3.05) is 21.2 Å². The summed E-state index contributed by atoms with van der Waals surface area (Å²) in [6.07, 6.45) is 1.71. The topological polar surface area (TPSA) is 29.5 Å². The third-order valence-electron chi connectivity index (χ3n) is 1.15. The van der Waals surface area contributed by atoms with Crippen molar-refractivity contribution in [3.05, 3.63) is 11.8 Å². The third-order valence-corrected chi connectivity index (χ3v) is 1.15. The van der Waals surface area contributed by atoms with Crippen molar-refractivity contribution in [1.29, 1.82) is 0 Å². The van der Waals surface area contributed by atoms with Crippen LogP contribution in [-0.4, -0.2) is 32.1 Å². The molecule has 0 aromatic rings. The lowest BCUT2D eigenvalue weighted by Gasteiger charge is -2.13. The molecular weight excluding hydrogens is 166 g/mol. The number of nitrogens with zero attached hydrogens (tertiary/aromatic N) is 1. The predicted molar refractivity (Wildman–Crippen MR) is 46.7 cm³/mol. The maximum atomic E-state index is 10.9. The Hall–Kier alpha value is -0.700. The van der Waals surface area contributed by atoms with E-state index in [1.165, 1.54) is 7.11 Å². The average molecular weight is 180 g/mol. The fourth-order valence-corrected chi connectivity index (χ4v) is 0.663. The molecule has 66 valence electrons. The van der Waals surface area contributed by atoms with E-state index in [2.05, 4.69) is 4.74 Å². The van der Waals surface area contributed by atoms with Gasteiger partial charge in [0.25, 0.3) is 0 Å². The second-order valence-electron chi connectivity index (χ2n) is 2.06. The van der Waals surface area contributed by atoms with Gasteiger partial charge in [0.1, 0.15) is 5.70 Å². The summed E-state index contributed by atoms with van der Waals surface area (Å²) < 4.78 is 4.52. The molecule has 0 aromatic heterocycles. The molecule has 0 saturated carbocycles. The second kappa shape index (κ2) is 6.04. The maximum Gasteiger partial charge on any atom is 0.353 e. The van der Waals surface area contributed by atoms with Crippen molar-refractivity contribution in [2.45, 2.75) is 6.92 Å². The van der Waals surface area contributed by atoms with Gasteiger partial charge in [-0.05, 0) is 6.92 Å². The van der Waals surface area contributed by atoms with Gasteiger partial charge >= 0.3 is 5.97 Å². The van der Waals surface area contributed by atoms with Gasteiger partial charge in [-0.2, -0.15) is 0 Å². The fourth-order valence-electron chi connectivity index (χ4n) is 0.663. The number of halogens is 1. The van der Waals surface area contributed by atoms with E-state index < -0.39 is 0 Å². The lowest BCUT2D eigenvalue weighted by molar-refractivity contribution is -0.137. The predicted octanol–water partition coefficient (Wildman–Crippen LogP) is 1.05. The summed E-state index contributed by atoms with van der Waals surface area (Å²) in [5.74, 6) is -0.299. The van der Waals surface area contributed by atoms with E-state index in [0.717, 1.165) is 0 Å². The van der Waals surface area contributed by atoms with Crippen LogP contribution in [0.2, 0.25) is 0 Å². The Bertz CT molecular complexity index is 155. The van der Waals surface area contributed by atoms with E-state index in [1.807, 2.05) is 0 Å². The highest BCUT2D eigenvalue weighted by molar-refractivity contribution is 5.87. The number of likely N-dealkylation sites (N-methyl/N-ethyl adjacent to an activating group) is 1. The molecule has 0 spiro atoms. The van der Waals surface area contributed by atoms with E-state index in [1.54, 1.807) is 32.0 Å². The number of ether oxygens (including phenoxy) is 1. The van der Waals surface area contributed by atoms with Crippen LogP contribution in [0.25, 0.3) is 0 Å². The van der Waals surface area contributed by atoms with Gasteiger partial charge in [0, 0.05) is 14.1 Å². The number of carbonyl (C=O) groups excluding carboxylic acids is 1. The van der Waals surface area contributed by atoms with E-state index in [9.17, 15) is 4.79 Å². The first-order chi connectivity index (χ1) is 4.63. The molecule has 0 atom stereocenters. The summed E-state index contributed by atoms with van der Waals surface area (Å²) in [6, 6.07) is 0.